The Hall–Kier alpha value is -1.22. The van der Waals surface area contributed by atoms with E-state index in [4.69, 9.17) is 6.42 Å². The highest BCUT2D eigenvalue weighted by Gasteiger charge is 2.06. The first-order valence-electron chi connectivity index (χ1n) is 3.42. The van der Waals surface area contributed by atoms with E-state index >= 15 is 0 Å². The van der Waals surface area contributed by atoms with Crippen molar-refractivity contribution in [3.63, 3.8) is 0 Å². The van der Waals surface area contributed by atoms with Crippen LogP contribution in [0.25, 0.3) is 11.1 Å². The second-order valence-electron chi connectivity index (χ2n) is 2.14. The molecule has 0 nitrogen and oxygen atoms in total. The molecule has 0 spiro atoms. The number of rotatable bonds is 0. The lowest BCUT2D eigenvalue weighted by Gasteiger charge is -1.52. The second-order valence-corrected chi connectivity index (χ2v) is 2.14. The summed E-state index contributed by atoms with van der Waals surface area (Å²) >= 11 is 0. The molecule has 0 heterocycles. The van der Waals surface area contributed by atoms with Gasteiger partial charge in [0.05, 0.1) is 0 Å². The maximum absolute atomic E-state index is 4.78. The highest BCUT2D eigenvalue weighted by atomic mass is 14.1. The summed E-state index contributed by atoms with van der Waals surface area (Å²) in [5.41, 5.74) is 2.85. The van der Waals surface area contributed by atoms with Crippen LogP contribution in [0.2, 0.25) is 0 Å². The molecule has 0 amide bonds. The molecule has 0 saturated carbocycles. The van der Waals surface area contributed by atoms with E-state index in [0.717, 1.165) is 6.42 Å². The van der Waals surface area contributed by atoms with Crippen LogP contribution in [0.15, 0.2) is 24.3 Å². The van der Waals surface area contributed by atoms with Crippen molar-refractivity contribution in [2.24, 2.45) is 0 Å². The zero-order valence-electron chi connectivity index (χ0n) is 6.09. The van der Waals surface area contributed by atoms with E-state index in [9.17, 15) is 0 Å². The third kappa shape index (κ3) is 1.63. The summed E-state index contributed by atoms with van der Waals surface area (Å²) in [6.45, 7) is 1.94. The van der Waals surface area contributed by atoms with Crippen LogP contribution in [0.5, 0.6) is 0 Å². The topological polar surface area (TPSA) is 0 Å². The molecule has 0 aromatic carbocycles. The monoisotopic (exact) mass is 130 g/mol. The van der Waals surface area contributed by atoms with Gasteiger partial charge in [-0.1, -0.05) is 25.1 Å². The van der Waals surface area contributed by atoms with E-state index < -0.39 is 0 Å². The Morgan fingerprint density at radius 2 is 1.90 bits per heavy atom. The third-order valence-corrected chi connectivity index (χ3v) is 1.32. The number of benzene rings is 1. The van der Waals surface area contributed by atoms with E-state index in [-0.39, 0.29) is 0 Å². The van der Waals surface area contributed by atoms with Crippen LogP contribution in [0.3, 0.4) is 0 Å². The summed E-state index contributed by atoms with van der Waals surface area (Å²) in [4.78, 5) is 0. The maximum Gasteiger partial charge on any atom is 0.00576 e. The molecular formula is C10H10. The molecular weight excluding hydrogens is 120 g/mol. The van der Waals surface area contributed by atoms with Gasteiger partial charge in [0, 0.05) is 6.42 Å². The van der Waals surface area contributed by atoms with Crippen LogP contribution in [0.4, 0.5) is 0 Å². The first-order chi connectivity index (χ1) is 4.88. The minimum atomic E-state index is 0.847. The zero-order chi connectivity index (χ0) is 7.40. The summed E-state index contributed by atoms with van der Waals surface area (Å²) in [6.07, 6.45) is 5.62. The minimum absolute atomic E-state index is 0.847. The van der Waals surface area contributed by atoms with Gasteiger partial charge in [0.1, 0.15) is 0 Å². The predicted molar refractivity (Wildman–Crippen MR) is 44.6 cm³/mol. The molecule has 2 aliphatic carbocycles. The summed E-state index contributed by atoms with van der Waals surface area (Å²) in [5.74, 6) is 2.43. The number of terminal acetylenes is 1. The van der Waals surface area contributed by atoms with Crippen LogP contribution in [0, 0.1) is 12.3 Å². The average molecular weight is 130 g/mol. The standard InChI is InChI=1S/C6H4.C4H6/c1-2-5-4-6(5)3-1;1-3-4-2/h1-4H;1H,4H2,2H3. The molecule has 0 aromatic heterocycles. The smallest absolute Gasteiger partial charge is 0.00576 e. The van der Waals surface area contributed by atoms with Crippen LogP contribution in [-0.4, -0.2) is 0 Å². The molecule has 0 fully saturated rings. The Balaban J connectivity index is 0.000000112. The van der Waals surface area contributed by atoms with Crippen molar-refractivity contribution in [3.05, 3.63) is 24.3 Å². The van der Waals surface area contributed by atoms with Gasteiger partial charge in [0.2, 0.25) is 0 Å². The van der Waals surface area contributed by atoms with Crippen molar-refractivity contribution < 1.29 is 0 Å². The fourth-order valence-corrected chi connectivity index (χ4v) is 0.676. The molecule has 50 valence electrons. The highest BCUT2D eigenvalue weighted by Crippen LogP contribution is 2.32. The molecule has 10 heavy (non-hydrogen) atoms. The van der Waals surface area contributed by atoms with Crippen molar-refractivity contribution in [1.82, 2.24) is 0 Å². The lowest BCUT2D eigenvalue weighted by Crippen LogP contribution is -1.38. The van der Waals surface area contributed by atoms with Crippen molar-refractivity contribution in [3.8, 4) is 23.5 Å². The van der Waals surface area contributed by atoms with Gasteiger partial charge >= 0.3 is 0 Å². The van der Waals surface area contributed by atoms with Gasteiger partial charge in [0.25, 0.3) is 0 Å². The Kier molecular flexibility index (Phi) is 2.12. The summed E-state index contributed by atoms with van der Waals surface area (Å²) in [6, 6.07) is 8.48. The SMILES string of the molecule is C#CCC.c1cc2cc-2c1. The Morgan fingerprint density at radius 1 is 1.40 bits per heavy atom. The molecule has 2 rings (SSSR count). The fraction of sp³-hybridized carbons (Fsp3) is 0.200. The largest absolute Gasteiger partial charge is 0.120 e. The lowest BCUT2D eigenvalue weighted by molar-refractivity contribution is 1.28. The van der Waals surface area contributed by atoms with Gasteiger partial charge in [-0.25, -0.2) is 0 Å². The second kappa shape index (κ2) is 3.08. The van der Waals surface area contributed by atoms with Crippen LogP contribution < -0.4 is 0 Å². The Morgan fingerprint density at radius 3 is 2.00 bits per heavy atom. The average Bonchev–Trinajstić information content (AvgIpc) is 2.60. The fourth-order valence-electron chi connectivity index (χ4n) is 0.676. The molecule has 0 unspecified atom stereocenters. The van der Waals surface area contributed by atoms with Crippen LogP contribution in [0.1, 0.15) is 13.3 Å². The molecule has 0 N–H and O–H groups in total. The van der Waals surface area contributed by atoms with Crippen molar-refractivity contribution >= 4 is 0 Å². The number of fused-ring (bicyclic) bond motifs is 1. The van der Waals surface area contributed by atoms with E-state index in [0.29, 0.717) is 0 Å². The molecule has 0 heteroatoms. The van der Waals surface area contributed by atoms with Gasteiger partial charge in [-0.2, -0.15) is 0 Å². The Bertz CT molecular complexity index is 236. The first kappa shape index (κ1) is 6.89. The zero-order valence-corrected chi connectivity index (χ0v) is 6.09. The summed E-state index contributed by atoms with van der Waals surface area (Å²) in [7, 11) is 0. The minimum Gasteiger partial charge on any atom is -0.120 e. The molecule has 0 aromatic rings. The van der Waals surface area contributed by atoms with E-state index in [1.807, 2.05) is 6.92 Å². The van der Waals surface area contributed by atoms with Gasteiger partial charge in [-0.05, 0) is 17.2 Å². The Labute approximate surface area is 61.9 Å². The van der Waals surface area contributed by atoms with E-state index in [1.54, 1.807) is 0 Å². The quantitative estimate of drug-likeness (QED) is 0.481. The molecule has 0 saturated heterocycles. The van der Waals surface area contributed by atoms with Gasteiger partial charge in [0.15, 0.2) is 0 Å². The van der Waals surface area contributed by atoms with Gasteiger partial charge < -0.3 is 0 Å². The van der Waals surface area contributed by atoms with Crippen molar-refractivity contribution in [1.29, 1.82) is 0 Å². The molecule has 0 aliphatic heterocycles. The summed E-state index contributed by atoms with van der Waals surface area (Å²) < 4.78 is 0. The molecule has 0 radical (unpaired) electrons. The van der Waals surface area contributed by atoms with Gasteiger partial charge in [-0.3, -0.25) is 0 Å². The van der Waals surface area contributed by atoms with Gasteiger partial charge in [-0.15, -0.1) is 12.3 Å². The predicted octanol–water partition coefficient (Wildman–Crippen LogP) is 2.70. The third-order valence-electron chi connectivity index (χ3n) is 1.32. The van der Waals surface area contributed by atoms with Crippen molar-refractivity contribution in [2.75, 3.05) is 0 Å². The van der Waals surface area contributed by atoms with Crippen LogP contribution >= 0.6 is 0 Å². The molecule has 0 atom stereocenters. The first-order valence-corrected chi connectivity index (χ1v) is 3.42. The van der Waals surface area contributed by atoms with Crippen molar-refractivity contribution in [2.45, 2.75) is 13.3 Å². The molecule has 2 aliphatic rings. The molecule has 0 bridgehead atoms. The number of hydrogen-bond donors (Lipinski definition) is 0. The highest BCUT2D eigenvalue weighted by molar-refractivity contribution is 5.80. The summed E-state index contributed by atoms with van der Waals surface area (Å²) in [5, 5.41) is 0. The normalized spacial score (nSPS) is 8.80. The van der Waals surface area contributed by atoms with Crippen LogP contribution in [-0.2, 0) is 0 Å². The lowest BCUT2D eigenvalue weighted by atomic mass is 10.5. The van der Waals surface area contributed by atoms with E-state index in [1.165, 1.54) is 11.1 Å². The number of hydrogen-bond acceptors (Lipinski definition) is 0. The maximum atomic E-state index is 4.78. The van der Waals surface area contributed by atoms with E-state index in [2.05, 4.69) is 30.2 Å².